The van der Waals surface area contributed by atoms with E-state index in [0.717, 1.165) is 12.8 Å². The van der Waals surface area contributed by atoms with Gasteiger partial charge in [0, 0.05) is 0 Å². The SMILES string of the molecule is CC1(C)CC[C@H](O)[C@H]2O[C@@H]21. The minimum atomic E-state index is -0.182. The number of fused-ring (bicyclic) bond motifs is 1. The molecule has 1 aliphatic heterocycles. The van der Waals surface area contributed by atoms with Crippen molar-refractivity contribution in [3.63, 3.8) is 0 Å². The van der Waals surface area contributed by atoms with Crippen LogP contribution in [0.1, 0.15) is 26.7 Å². The lowest BCUT2D eigenvalue weighted by Gasteiger charge is -2.27. The zero-order chi connectivity index (χ0) is 7.35. The molecule has 2 heteroatoms. The Bertz CT molecular complexity index is 153. The Morgan fingerprint density at radius 3 is 2.80 bits per heavy atom. The predicted octanol–water partition coefficient (Wildman–Crippen LogP) is 0.935. The lowest BCUT2D eigenvalue weighted by Crippen LogP contribution is -2.33. The molecule has 2 rings (SSSR count). The molecule has 0 unspecified atom stereocenters. The third kappa shape index (κ3) is 0.789. The lowest BCUT2D eigenvalue weighted by molar-refractivity contribution is 0.105. The molecule has 3 atom stereocenters. The van der Waals surface area contributed by atoms with Crippen LogP contribution in [0, 0.1) is 5.41 Å². The molecule has 0 radical (unpaired) electrons. The van der Waals surface area contributed by atoms with Crippen molar-refractivity contribution < 1.29 is 9.84 Å². The van der Waals surface area contributed by atoms with Crippen LogP contribution in [0.15, 0.2) is 0 Å². The van der Waals surface area contributed by atoms with Gasteiger partial charge in [-0.15, -0.1) is 0 Å². The Kier molecular flexibility index (Phi) is 1.15. The Balaban J connectivity index is 2.09. The summed E-state index contributed by atoms with van der Waals surface area (Å²) in [4.78, 5) is 0. The van der Waals surface area contributed by atoms with Gasteiger partial charge in [-0.25, -0.2) is 0 Å². The maximum absolute atomic E-state index is 9.33. The second-order valence-corrected chi connectivity index (χ2v) is 4.12. The van der Waals surface area contributed by atoms with Crippen LogP contribution in [0.25, 0.3) is 0 Å². The summed E-state index contributed by atoms with van der Waals surface area (Å²) in [6.07, 6.45) is 2.33. The van der Waals surface area contributed by atoms with Crippen molar-refractivity contribution in [1.82, 2.24) is 0 Å². The first-order valence-electron chi connectivity index (χ1n) is 3.95. The van der Waals surface area contributed by atoms with Gasteiger partial charge in [0.25, 0.3) is 0 Å². The van der Waals surface area contributed by atoms with E-state index in [-0.39, 0.29) is 12.2 Å². The van der Waals surface area contributed by atoms with E-state index in [0.29, 0.717) is 11.5 Å². The van der Waals surface area contributed by atoms with Crippen LogP contribution < -0.4 is 0 Å². The average molecular weight is 142 g/mol. The Morgan fingerprint density at radius 1 is 1.50 bits per heavy atom. The standard InChI is InChI=1S/C8H14O2/c1-8(2)4-3-5(9)6-7(8)10-6/h5-7,9H,3-4H2,1-2H3/t5-,6+,7-/m0/s1. The molecule has 1 saturated carbocycles. The van der Waals surface area contributed by atoms with Crippen molar-refractivity contribution >= 4 is 0 Å². The zero-order valence-corrected chi connectivity index (χ0v) is 6.50. The Morgan fingerprint density at radius 2 is 2.20 bits per heavy atom. The van der Waals surface area contributed by atoms with Crippen molar-refractivity contribution in [2.45, 2.75) is 45.0 Å². The molecule has 1 aliphatic carbocycles. The Hall–Kier alpha value is -0.0800. The first-order chi connectivity index (χ1) is 4.61. The number of hydrogen-bond acceptors (Lipinski definition) is 2. The molecule has 1 N–H and O–H groups in total. The number of ether oxygens (including phenoxy) is 1. The summed E-state index contributed by atoms with van der Waals surface area (Å²) in [6, 6.07) is 0. The largest absolute Gasteiger partial charge is 0.390 e. The van der Waals surface area contributed by atoms with Gasteiger partial charge in [-0.05, 0) is 18.3 Å². The summed E-state index contributed by atoms with van der Waals surface area (Å²) in [7, 11) is 0. The highest BCUT2D eigenvalue weighted by Gasteiger charge is 2.56. The van der Waals surface area contributed by atoms with Crippen LogP contribution in [-0.2, 0) is 4.74 Å². The van der Waals surface area contributed by atoms with Gasteiger partial charge in [0.1, 0.15) is 6.10 Å². The molecule has 10 heavy (non-hydrogen) atoms. The molecule has 1 saturated heterocycles. The predicted molar refractivity (Wildman–Crippen MR) is 37.7 cm³/mol. The van der Waals surface area contributed by atoms with Crippen molar-refractivity contribution in [2.75, 3.05) is 0 Å². The molecular weight excluding hydrogens is 128 g/mol. The van der Waals surface area contributed by atoms with Gasteiger partial charge in [-0.2, -0.15) is 0 Å². The van der Waals surface area contributed by atoms with Gasteiger partial charge >= 0.3 is 0 Å². The molecule has 0 aromatic carbocycles. The number of hydrogen-bond donors (Lipinski definition) is 1. The average Bonchev–Trinajstić information content (AvgIpc) is 2.58. The summed E-state index contributed by atoms with van der Waals surface area (Å²) in [6.45, 7) is 4.42. The fourth-order valence-corrected chi connectivity index (χ4v) is 1.87. The van der Waals surface area contributed by atoms with E-state index in [9.17, 15) is 5.11 Å². The van der Waals surface area contributed by atoms with Crippen LogP contribution in [-0.4, -0.2) is 23.4 Å². The number of aliphatic hydroxyl groups is 1. The fraction of sp³-hybridized carbons (Fsp3) is 1.00. The summed E-state index contributed by atoms with van der Waals surface area (Å²) >= 11 is 0. The minimum absolute atomic E-state index is 0.170. The van der Waals surface area contributed by atoms with E-state index >= 15 is 0 Å². The molecule has 0 aromatic rings. The normalized spacial score (nSPS) is 50.1. The van der Waals surface area contributed by atoms with Crippen molar-refractivity contribution in [1.29, 1.82) is 0 Å². The summed E-state index contributed by atoms with van der Waals surface area (Å²) in [5, 5.41) is 9.33. The molecule has 2 aliphatic rings. The van der Waals surface area contributed by atoms with Gasteiger partial charge in [-0.3, -0.25) is 0 Å². The molecule has 0 bridgehead atoms. The second-order valence-electron chi connectivity index (χ2n) is 4.12. The first kappa shape index (κ1) is 6.62. The van der Waals surface area contributed by atoms with Gasteiger partial charge in [-0.1, -0.05) is 13.8 Å². The second kappa shape index (κ2) is 1.74. The van der Waals surface area contributed by atoms with Gasteiger partial charge in [0.15, 0.2) is 0 Å². The molecule has 2 nitrogen and oxygen atoms in total. The Labute approximate surface area is 61.2 Å². The minimum Gasteiger partial charge on any atom is -0.390 e. The van der Waals surface area contributed by atoms with E-state index in [2.05, 4.69) is 13.8 Å². The van der Waals surface area contributed by atoms with E-state index in [1.165, 1.54) is 0 Å². The van der Waals surface area contributed by atoms with Crippen molar-refractivity contribution in [2.24, 2.45) is 5.41 Å². The highest BCUT2D eigenvalue weighted by Crippen LogP contribution is 2.48. The first-order valence-corrected chi connectivity index (χ1v) is 3.95. The van der Waals surface area contributed by atoms with Gasteiger partial charge < -0.3 is 9.84 Å². The van der Waals surface area contributed by atoms with Crippen LogP contribution >= 0.6 is 0 Å². The molecule has 0 amide bonds. The molecule has 2 fully saturated rings. The topological polar surface area (TPSA) is 32.8 Å². The summed E-state index contributed by atoms with van der Waals surface area (Å²) < 4.78 is 5.36. The van der Waals surface area contributed by atoms with E-state index < -0.39 is 0 Å². The third-order valence-corrected chi connectivity index (χ3v) is 2.76. The third-order valence-electron chi connectivity index (χ3n) is 2.76. The van der Waals surface area contributed by atoms with E-state index in [1.54, 1.807) is 0 Å². The lowest BCUT2D eigenvalue weighted by atomic mass is 9.76. The van der Waals surface area contributed by atoms with Gasteiger partial charge in [0.2, 0.25) is 0 Å². The quantitative estimate of drug-likeness (QED) is 0.510. The monoisotopic (exact) mass is 142 g/mol. The molecular formula is C8H14O2. The molecule has 58 valence electrons. The zero-order valence-electron chi connectivity index (χ0n) is 6.50. The van der Waals surface area contributed by atoms with E-state index in [4.69, 9.17) is 4.74 Å². The van der Waals surface area contributed by atoms with E-state index in [1.807, 2.05) is 0 Å². The number of aliphatic hydroxyl groups excluding tert-OH is 1. The van der Waals surface area contributed by atoms with Crippen LogP contribution in [0.4, 0.5) is 0 Å². The number of rotatable bonds is 0. The van der Waals surface area contributed by atoms with Crippen molar-refractivity contribution in [3.05, 3.63) is 0 Å². The number of epoxide rings is 1. The molecule has 0 aromatic heterocycles. The van der Waals surface area contributed by atoms with Crippen LogP contribution in [0.3, 0.4) is 0 Å². The van der Waals surface area contributed by atoms with Gasteiger partial charge in [0.05, 0.1) is 12.2 Å². The molecule has 0 spiro atoms. The molecule has 1 heterocycles. The maximum atomic E-state index is 9.33. The summed E-state index contributed by atoms with van der Waals surface area (Å²) in [5.41, 5.74) is 0.309. The van der Waals surface area contributed by atoms with Crippen molar-refractivity contribution in [3.8, 4) is 0 Å². The van der Waals surface area contributed by atoms with Crippen LogP contribution in [0.5, 0.6) is 0 Å². The maximum Gasteiger partial charge on any atom is 0.110 e. The smallest absolute Gasteiger partial charge is 0.110 e. The fourth-order valence-electron chi connectivity index (χ4n) is 1.87. The summed E-state index contributed by atoms with van der Waals surface area (Å²) in [5.74, 6) is 0. The highest BCUT2D eigenvalue weighted by atomic mass is 16.6. The van der Waals surface area contributed by atoms with Crippen LogP contribution in [0.2, 0.25) is 0 Å². The highest BCUT2D eigenvalue weighted by molar-refractivity contribution is 5.03.